The molecule has 7 nitrogen and oxygen atoms in total. The zero-order chi connectivity index (χ0) is 22.9. The van der Waals surface area contributed by atoms with Gasteiger partial charge in [0.2, 0.25) is 5.91 Å². The summed E-state index contributed by atoms with van der Waals surface area (Å²) in [5, 5.41) is 2.55. The Morgan fingerprint density at radius 3 is 1.94 bits per heavy atom. The quantitative estimate of drug-likeness (QED) is 0.361. The second-order valence-corrected chi connectivity index (χ2v) is 8.62. The first kappa shape index (κ1) is 21.2. The van der Waals surface area contributed by atoms with Crippen molar-refractivity contribution < 1.29 is 27.0 Å². The number of carbonyl (C=O) groups excluding carboxylic acids is 3. The number of rotatable bonds is 5. The van der Waals surface area contributed by atoms with Crippen molar-refractivity contribution in [3.05, 3.63) is 95.1 Å². The number of carbonyl (C=O) groups is 3. The zero-order valence-electron chi connectivity index (χ0n) is 16.9. The first-order chi connectivity index (χ1) is 15.2. The molecule has 160 valence electrons. The van der Waals surface area contributed by atoms with E-state index in [1.807, 2.05) is 0 Å². The monoisotopic (exact) mass is 447 g/mol. The third-order valence-electron chi connectivity index (χ3n) is 4.77. The van der Waals surface area contributed by atoms with E-state index < -0.39 is 10.1 Å². The van der Waals surface area contributed by atoms with E-state index in [0.29, 0.717) is 22.4 Å². The molecule has 0 spiro atoms. The molecular weight excluding hydrogens is 430 g/mol. The van der Waals surface area contributed by atoms with Crippen LogP contribution in [0.4, 0.5) is 5.69 Å². The van der Waals surface area contributed by atoms with Crippen molar-refractivity contribution in [3.8, 4) is 5.75 Å². The largest absolute Gasteiger partial charge is 0.379 e. The predicted molar refractivity (Wildman–Crippen MR) is 118 cm³/mol. The highest BCUT2D eigenvalue weighted by molar-refractivity contribution is 7.87. The fraction of sp³-hybridized carbons (Fsp3) is 0.0417. The molecule has 0 atom stereocenters. The van der Waals surface area contributed by atoms with Crippen molar-refractivity contribution in [1.82, 2.24) is 0 Å². The summed E-state index contributed by atoms with van der Waals surface area (Å²) >= 11 is 0. The number of nitrogens with one attached hydrogen (secondary N) is 1. The summed E-state index contributed by atoms with van der Waals surface area (Å²) in [6.45, 7) is 1.35. The molecule has 1 N–H and O–H groups in total. The SMILES string of the molecule is CC(=O)Nc1ccc(S(=O)(=O)Oc2ccc(C=C3C(=O)c4ccccc4C3=O)cc2)cc1. The summed E-state index contributed by atoms with van der Waals surface area (Å²) < 4.78 is 30.2. The minimum Gasteiger partial charge on any atom is -0.379 e. The van der Waals surface area contributed by atoms with Gasteiger partial charge < -0.3 is 9.50 Å². The Balaban J connectivity index is 1.51. The molecule has 1 amide bonds. The summed E-state index contributed by atoms with van der Waals surface area (Å²) in [4.78, 5) is 36.0. The van der Waals surface area contributed by atoms with E-state index >= 15 is 0 Å². The van der Waals surface area contributed by atoms with E-state index in [9.17, 15) is 22.8 Å². The summed E-state index contributed by atoms with van der Waals surface area (Å²) in [7, 11) is -4.08. The third kappa shape index (κ3) is 4.21. The number of ketones is 2. The van der Waals surface area contributed by atoms with Gasteiger partial charge in [0.15, 0.2) is 11.6 Å². The molecule has 0 saturated heterocycles. The number of allylic oxidation sites excluding steroid dienone is 1. The van der Waals surface area contributed by atoms with Gasteiger partial charge in [-0.1, -0.05) is 36.4 Å². The molecule has 0 bridgehead atoms. The summed E-state index contributed by atoms with van der Waals surface area (Å²) in [6, 6.07) is 18.2. The molecule has 4 rings (SSSR count). The number of fused-ring (bicyclic) bond motifs is 1. The van der Waals surface area contributed by atoms with Crippen LogP contribution >= 0.6 is 0 Å². The molecule has 0 heterocycles. The van der Waals surface area contributed by atoms with Gasteiger partial charge in [0, 0.05) is 23.7 Å². The van der Waals surface area contributed by atoms with E-state index in [0.717, 1.165) is 0 Å². The number of amides is 1. The molecule has 1 aliphatic carbocycles. The van der Waals surface area contributed by atoms with Crippen molar-refractivity contribution in [2.45, 2.75) is 11.8 Å². The van der Waals surface area contributed by atoms with Gasteiger partial charge in [-0.25, -0.2) is 0 Å². The topological polar surface area (TPSA) is 107 Å². The molecule has 1 aliphatic rings. The number of benzene rings is 3. The average molecular weight is 447 g/mol. The zero-order valence-corrected chi connectivity index (χ0v) is 17.7. The standard InChI is InChI=1S/C24H17NO6S/c1-15(26)25-17-8-12-19(13-9-17)32(29,30)31-18-10-6-16(7-11-18)14-22-23(27)20-4-2-3-5-21(20)24(22)28/h2-14H,1H3,(H,25,26). The molecule has 3 aromatic rings. The van der Waals surface area contributed by atoms with Crippen LogP contribution in [0.15, 0.2) is 83.3 Å². The maximum Gasteiger partial charge on any atom is 0.339 e. The van der Waals surface area contributed by atoms with Gasteiger partial charge in [-0.2, -0.15) is 8.42 Å². The fourth-order valence-corrected chi connectivity index (χ4v) is 4.20. The Morgan fingerprint density at radius 2 is 1.41 bits per heavy atom. The highest BCUT2D eigenvalue weighted by Gasteiger charge is 2.32. The molecule has 0 unspecified atom stereocenters. The van der Waals surface area contributed by atoms with Crippen LogP contribution in [0.5, 0.6) is 5.75 Å². The van der Waals surface area contributed by atoms with E-state index in [2.05, 4.69) is 5.32 Å². The van der Waals surface area contributed by atoms with Crippen LogP contribution in [0, 0.1) is 0 Å². The first-order valence-electron chi connectivity index (χ1n) is 9.57. The smallest absolute Gasteiger partial charge is 0.339 e. The highest BCUT2D eigenvalue weighted by Crippen LogP contribution is 2.28. The van der Waals surface area contributed by atoms with Crippen LogP contribution in [0.25, 0.3) is 6.08 Å². The molecule has 0 radical (unpaired) electrons. The molecule has 3 aromatic carbocycles. The minimum absolute atomic E-state index is 0.0618. The van der Waals surface area contributed by atoms with Crippen molar-refractivity contribution in [1.29, 1.82) is 0 Å². The lowest BCUT2D eigenvalue weighted by molar-refractivity contribution is -0.114. The third-order valence-corrected chi connectivity index (χ3v) is 6.03. The van der Waals surface area contributed by atoms with Gasteiger partial charge in [-0.15, -0.1) is 0 Å². The molecule has 32 heavy (non-hydrogen) atoms. The van der Waals surface area contributed by atoms with Crippen LogP contribution in [-0.2, 0) is 14.9 Å². The molecule has 0 aliphatic heterocycles. The van der Waals surface area contributed by atoms with Gasteiger partial charge >= 0.3 is 10.1 Å². The lowest BCUT2D eigenvalue weighted by Crippen LogP contribution is -2.10. The maximum atomic E-state index is 12.5. The van der Waals surface area contributed by atoms with Crippen LogP contribution in [0.2, 0.25) is 0 Å². The van der Waals surface area contributed by atoms with E-state index in [-0.39, 0.29) is 33.7 Å². The lowest BCUT2D eigenvalue weighted by Gasteiger charge is -2.08. The Hall–Kier alpha value is -4.04. The summed E-state index contributed by atoms with van der Waals surface area (Å²) in [5.41, 5.74) is 1.83. The molecule has 8 heteroatoms. The lowest BCUT2D eigenvalue weighted by atomic mass is 10.1. The number of Topliss-reactive ketones (excluding diaryl/α,β-unsaturated/α-hetero) is 2. The van der Waals surface area contributed by atoms with Crippen molar-refractivity contribution in [2.24, 2.45) is 0 Å². The van der Waals surface area contributed by atoms with Gasteiger partial charge in [-0.05, 0) is 48.0 Å². The van der Waals surface area contributed by atoms with Crippen molar-refractivity contribution in [2.75, 3.05) is 5.32 Å². The first-order valence-corrected chi connectivity index (χ1v) is 11.0. The normalized spacial score (nSPS) is 13.0. The van der Waals surface area contributed by atoms with Crippen LogP contribution < -0.4 is 9.50 Å². The van der Waals surface area contributed by atoms with Gasteiger partial charge in [-0.3, -0.25) is 14.4 Å². The number of hydrogen-bond donors (Lipinski definition) is 1. The summed E-state index contributed by atoms with van der Waals surface area (Å²) in [5.74, 6) is -0.866. The predicted octanol–water partition coefficient (Wildman–Crippen LogP) is 3.88. The fourth-order valence-electron chi connectivity index (χ4n) is 3.27. The number of anilines is 1. The minimum atomic E-state index is -4.08. The van der Waals surface area contributed by atoms with Gasteiger partial charge in [0.05, 0.1) is 5.57 Å². The second kappa shape index (κ2) is 8.24. The van der Waals surface area contributed by atoms with Crippen molar-refractivity contribution in [3.63, 3.8) is 0 Å². The van der Waals surface area contributed by atoms with E-state index in [4.69, 9.17) is 4.18 Å². The van der Waals surface area contributed by atoms with Crippen LogP contribution in [0.1, 0.15) is 33.2 Å². The van der Waals surface area contributed by atoms with Crippen LogP contribution in [0.3, 0.4) is 0 Å². The average Bonchev–Trinajstić information content (AvgIpc) is 3.00. The molecule has 0 fully saturated rings. The van der Waals surface area contributed by atoms with E-state index in [1.54, 1.807) is 36.4 Å². The van der Waals surface area contributed by atoms with Gasteiger partial charge in [0.1, 0.15) is 10.6 Å². The number of hydrogen-bond acceptors (Lipinski definition) is 6. The Bertz CT molecular complexity index is 1330. The summed E-state index contributed by atoms with van der Waals surface area (Å²) in [6.07, 6.45) is 1.48. The molecule has 0 aromatic heterocycles. The van der Waals surface area contributed by atoms with E-state index in [1.165, 1.54) is 49.4 Å². The Kier molecular flexibility index (Phi) is 5.46. The maximum absolute atomic E-state index is 12.5. The second-order valence-electron chi connectivity index (χ2n) is 7.07. The molecular formula is C24H17NO6S. The van der Waals surface area contributed by atoms with Crippen LogP contribution in [-0.4, -0.2) is 25.9 Å². The Labute approximate surface area is 184 Å². The highest BCUT2D eigenvalue weighted by atomic mass is 32.2. The molecule has 0 saturated carbocycles. The Morgan fingerprint density at radius 1 is 0.844 bits per heavy atom. The van der Waals surface area contributed by atoms with Gasteiger partial charge in [0.25, 0.3) is 0 Å². The van der Waals surface area contributed by atoms with Crippen molar-refractivity contribution >= 4 is 39.4 Å².